The molecule has 1 N–H and O–H groups in total. The van der Waals surface area contributed by atoms with Gasteiger partial charge in [-0.05, 0) is 55.3 Å². The summed E-state index contributed by atoms with van der Waals surface area (Å²) in [7, 11) is 1.71. The van der Waals surface area contributed by atoms with Crippen molar-refractivity contribution in [2.75, 3.05) is 13.7 Å². The van der Waals surface area contributed by atoms with E-state index in [1.165, 1.54) is 24.8 Å². The van der Waals surface area contributed by atoms with Gasteiger partial charge in [-0.15, -0.1) is 0 Å². The predicted octanol–water partition coefficient (Wildman–Crippen LogP) is 3.65. The van der Waals surface area contributed by atoms with E-state index >= 15 is 0 Å². The summed E-state index contributed by atoms with van der Waals surface area (Å²) in [5.41, 5.74) is 1.38. The van der Waals surface area contributed by atoms with E-state index in [1.54, 1.807) is 7.11 Å². The van der Waals surface area contributed by atoms with E-state index in [-0.39, 0.29) is 0 Å². The molecule has 0 bridgehead atoms. The normalized spacial score (nSPS) is 27.2. The number of nitrogens with one attached hydrogen (secondary N) is 1. The van der Waals surface area contributed by atoms with Crippen LogP contribution in [0.1, 0.15) is 38.7 Å². The summed E-state index contributed by atoms with van der Waals surface area (Å²) in [4.78, 5) is 0. The average Bonchev–Trinajstić information content (AvgIpc) is 2.43. The van der Waals surface area contributed by atoms with Gasteiger partial charge in [-0.1, -0.05) is 32.4 Å². The van der Waals surface area contributed by atoms with Gasteiger partial charge in [0.1, 0.15) is 5.75 Å². The summed E-state index contributed by atoms with van der Waals surface area (Å²) in [5.74, 6) is 2.65. The fourth-order valence-electron chi connectivity index (χ4n) is 3.01. The van der Waals surface area contributed by atoms with Crippen molar-refractivity contribution in [3.05, 3.63) is 29.8 Å². The Morgan fingerprint density at radius 1 is 1.16 bits per heavy atom. The van der Waals surface area contributed by atoms with Crippen LogP contribution in [0.4, 0.5) is 0 Å². The molecule has 0 aromatic heterocycles. The van der Waals surface area contributed by atoms with Gasteiger partial charge in [0.2, 0.25) is 0 Å². The van der Waals surface area contributed by atoms with E-state index in [0.717, 1.165) is 30.6 Å². The molecule has 1 aliphatic rings. The Morgan fingerprint density at radius 2 is 1.89 bits per heavy atom. The topological polar surface area (TPSA) is 21.3 Å². The molecule has 0 amide bonds. The summed E-state index contributed by atoms with van der Waals surface area (Å²) < 4.78 is 5.18. The fraction of sp³-hybridized carbons (Fsp3) is 0.647. The third-order valence-electron chi connectivity index (χ3n) is 4.44. The highest BCUT2D eigenvalue weighted by Crippen LogP contribution is 2.28. The van der Waals surface area contributed by atoms with E-state index < -0.39 is 0 Å². The van der Waals surface area contributed by atoms with E-state index in [1.807, 2.05) is 12.1 Å². The van der Waals surface area contributed by atoms with Crippen molar-refractivity contribution < 1.29 is 4.74 Å². The Labute approximate surface area is 117 Å². The van der Waals surface area contributed by atoms with Gasteiger partial charge in [0.25, 0.3) is 0 Å². The van der Waals surface area contributed by atoms with E-state index in [9.17, 15) is 0 Å². The van der Waals surface area contributed by atoms with Crippen LogP contribution >= 0.6 is 0 Å². The molecule has 1 fully saturated rings. The molecule has 1 aliphatic carbocycles. The lowest BCUT2D eigenvalue weighted by Crippen LogP contribution is -2.40. The summed E-state index contributed by atoms with van der Waals surface area (Å²) in [6.45, 7) is 5.84. The van der Waals surface area contributed by atoms with Gasteiger partial charge in [0.05, 0.1) is 7.11 Å². The first-order valence-electron chi connectivity index (χ1n) is 7.55. The third kappa shape index (κ3) is 4.24. The Morgan fingerprint density at radius 3 is 2.58 bits per heavy atom. The smallest absolute Gasteiger partial charge is 0.118 e. The molecule has 2 rings (SSSR count). The van der Waals surface area contributed by atoms with Crippen molar-refractivity contribution in [2.45, 2.75) is 45.6 Å². The molecule has 1 aromatic carbocycles. The number of hydrogen-bond acceptors (Lipinski definition) is 2. The van der Waals surface area contributed by atoms with Gasteiger partial charge in [0.15, 0.2) is 0 Å². The van der Waals surface area contributed by atoms with Crippen LogP contribution in [-0.4, -0.2) is 19.7 Å². The van der Waals surface area contributed by atoms with E-state index in [2.05, 4.69) is 31.3 Å². The lowest BCUT2D eigenvalue weighted by atomic mass is 9.80. The van der Waals surface area contributed by atoms with Crippen LogP contribution in [-0.2, 0) is 6.42 Å². The molecular formula is C17H27NO. The van der Waals surface area contributed by atoms with Crippen molar-refractivity contribution in [2.24, 2.45) is 11.8 Å². The largest absolute Gasteiger partial charge is 0.497 e. The molecule has 3 unspecified atom stereocenters. The number of hydrogen-bond donors (Lipinski definition) is 1. The fourth-order valence-corrected chi connectivity index (χ4v) is 3.01. The quantitative estimate of drug-likeness (QED) is 0.873. The molecule has 0 spiro atoms. The number of rotatable bonds is 5. The molecule has 0 radical (unpaired) electrons. The van der Waals surface area contributed by atoms with Crippen molar-refractivity contribution in [1.29, 1.82) is 0 Å². The van der Waals surface area contributed by atoms with Crippen molar-refractivity contribution in [3.63, 3.8) is 0 Å². The zero-order valence-corrected chi connectivity index (χ0v) is 12.5. The molecule has 19 heavy (non-hydrogen) atoms. The Kier molecular flexibility index (Phi) is 5.26. The second kappa shape index (κ2) is 6.95. The van der Waals surface area contributed by atoms with Gasteiger partial charge in [0, 0.05) is 6.04 Å². The highest BCUT2D eigenvalue weighted by molar-refractivity contribution is 5.27. The summed E-state index contributed by atoms with van der Waals surface area (Å²) in [6.07, 6.45) is 5.21. The first-order valence-corrected chi connectivity index (χ1v) is 7.55. The molecule has 0 aliphatic heterocycles. The van der Waals surface area contributed by atoms with Crippen LogP contribution in [0.2, 0.25) is 0 Å². The molecule has 106 valence electrons. The Bertz CT molecular complexity index is 373. The molecule has 3 atom stereocenters. The molecule has 0 saturated heterocycles. The second-order valence-electron chi connectivity index (χ2n) is 6.05. The van der Waals surface area contributed by atoms with Crippen molar-refractivity contribution in [1.82, 2.24) is 5.32 Å². The number of ether oxygens (including phenoxy) is 1. The molecular weight excluding hydrogens is 234 g/mol. The minimum Gasteiger partial charge on any atom is -0.497 e. The van der Waals surface area contributed by atoms with Gasteiger partial charge in [-0.3, -0.25) is 0 Å². The average molecular weight is 261 g/mol. The minimum absolute atomic E-state index is 0.710. The monoisotopic (exact) mass is 261 g/mol. The van der Waals surface area contributed by atoms with Crippen LogP contribution in [0.15, 0.2) is 24.3 Å². The third-order valence-corrected chi connectivity index (χ3v) is 4.44. The van der Waals surface area contributed by atoms with E-state index in [4.69, 9.17) is 4.74 Å². The maximum absolute atomic E-state index is 5.18. The highest BCUT2D eigenvalue weighted by Gasteiger charge is 2.24. The van der Waals surface area contributed by atoms with Crippen molar-refractivity contribution in [3.8, 4) is 5.75 Å². The first kappa shape index (κ1) is 14.4. The molecule has 0 heterocycles. The first-order chi connectivity index (χ1) is 9.19. The standard InChI is InChI=1S/C17H27NO/c1-13-4-5-14(2)17(12-13)18-11-10-15-6-8-16(19-3)9-7-15/h6-9,13-14,17-18H,4-5,10-12H2,1-3H3. The maximum Gasteiger partial charge on any atom is 0.118 e. The van der Waals surface area contributed by atoms with Gasteiger partial charge >= 0.3 is 0 Å². The van der Waals surface area contributed by atoms with Crippen LogP contribution in [0.25, 0.3) is 0 Å². The number of benzene rings is 1. The lowest BCUT2D eigenvalue weighted by Gasteiger charge is -2.33. The molecule has 1 aromatic rings. The van der Waals surface area contributed by atoms with Crippen LogP contribution < -0.4 is 10.1 Å². The maximum atomic E-state index is 5.18. The highest BCUT2D eigenvalue weighted by atomic mass is 16.5. The second-order valence-corrected chi connectivity index (χ2v) is 6.05. The molecule has 1 saturated carbocycles. The SMILES string of the molecule is COc1ccc(CCNC2CC(C)CCC2C)cc1. The number of methoxy groups -OCH3 is 1. The Balaban J connectivity index is 1.75. The van der Waals surface area contributed by atoms with Gasteiger partial charge < -0.3 is 10.1 Å². The van der Waals surface area contributed by atoms with Gasteiger partial charge in [-0.25, -0.2) is 0 Å². The van der Waals surface area contributed by atoms with Gasteiger partial charge in [-0.2, -0.15) is 0 Å². The predicted molar refractivity (Wildman–Crippen MR) is 80.7 cm³/mol. The molecule has 2 nitrogen and oxygen atoms in total. The minimum atomic E-state index is 0.710. The summed E-state index contributed by atoms with van der Waals surface area (Å²) >= 11 is 0. The summed E-state index contributed by atoms with van der Waals surface area (Å²) in [6, 6.07) is 9.12. The lowest BCUT2D eigenvalue weighted by molar-refractivity contribution is 0.230. The zero-order valence-electron chi connectivity index (χ0n) is 12.5. The molecule has 2 heteroatoms. The Hall–Kier alpha value is -1.02. The van der Waals surface area contributed by atoms with Crippen LogP contribution in [0, 0.1) is 11.8 Å². The van der Waals surface area contributed by atoms with Crippen LogP contribution in [0.5, 0.6) is 5.75 Å². The van der Waals surface area contributed by atoms with Crippen LogP contribution in [0.3, 0.4) is 0 Å². The zero-order chi connectivity index (χ0) is 13.7. The van der Waals surface area contributed by atoms with Crippen molar-refractivity contribution >= 4 is 0 Å². The van der Waals surface area contributed by atoms with E-state index in [0.29, 0.717) is 6.04 Å². The summed E-state index contributed by atoms with van der Waals surface area (Å²) in [5, 5.41) is 3.75.